The van der Waals surface area contributed by atoms with Crippen LogP contribution in [-0.4, -0.2) is 23.0 Å². The van der Waals surface area contributed by atoms with Crippen molar-refractivity contribution in [1.82, 2.24) is 0 Å². The molecule has 2 rings (SSSR count). The Labute approximate surface area is 86.3 Å². The van der Waals surface area contributed by atoms with Gasteiger partial charge >= 0.3 is 5.97 Å². The lowest BCUT2D eigenvalue weighted by atomic mass is 10.0. The summed E-state index contributed by atoms with van der Waals surface area (Å²) < 4.78 is 0. The summed E-state index contributed by atoms with van der Waals surface area (Å²) in [5, 5.41) is 8.99. The zero-order valence-corrected chi connectivity index (χ0v) is 7.79. The molecular formula is C11H8N2O2. The average Bonchev–Trinajstić information content (AvgIpc) is 2.18. The van der Waals surface area contributed by atoms with Gasteiger partial charge < -0.3 is 5.11 Å². The van der Waals surface area contributed by atoms with Crippen LogP contribution in [0.4, 0.5) is 0 Å². The second-order valence-electron chi connectivity index (χ2n) is 2.95. The maximum absolute atomic E-state index is 11.0. The third-order valence-electron chi connectivity index (χ3n) is 1.99. The molecule has 4 nitrogen and oxygen atoms in total. The van der Waals surface area contributed by atoms with Gasteiger partial charge in [-0.25, -0.2) is 9.79 Å². The summed E-state index contributed by atoms with van der Waals surface area (Å²) in [4.78, 5) is 18.8. The highest BCUT2D eigenvalue weighted by molar-refractivity contribution is 6.43. The monoisotopic (exact) mass is 200 g/mol. The van der Waals surface area contributed by atoms with Crippen molar-refractivity contribution in [1.29, 1.82) is 0 Å². The first-order valence-corrected chi connectivity index (χ1v) is 4.38. The van der Waals surface area contributed by atoms with Crippen LogP contribution in [0, 0.1) is 0 Å². The number of rotatable bonds is 1. The molecule has 0 aliphatic carbocycles. The Bertz CT molecular complexity index is 487. The molecule has 0 amide bonds. The Morgan fingerprint density at radius 3 is 2.80 bits per heavy atom. The SMILES string of the molecule is O=C(O)/C1=N/C=C\N=C/c2ccccc21. The summed E-state index contributed by atoms with van der Waals surface area (Å²) >= 11 is 0. The predicted octanol–water partition coefficient (Wildman–Crippen LogP) is 1.46. The topological polar surface area (TPSA) is 62.0 Å². The van der Waals surface area contributed by atoms with Gasteiger partial charge in [-0.15, -0.1) is 0 Å². The maximum atomic E-state index is 11.0. The molecule has 0 fully saturated rings. The van der Waals surface area contributed by atoms with Crippen LogP contribution in [0.1, 0.15) is 11.1 Å². The number of benzene rings is 1. The molecule has 0 saturated heterocycles. The minimum absolute atomic E-state index is 0.0352. The first-order chi connectivity index (χ1) is 7.29. The number of carbonyl (C=O) groups is 1. The van der Waals surface area contributed by atoms with Gasteiger partial charge in [-0.1, -0.05) is 24.3 Å². The molecule has 1 aromatic rings. The average molecular weight is 200 g/mol. The van der Waals surface area contributed by atoms with Crippen LogP contribution in [0.5, 0.6) is 0 Å². The van der Waals surface area contributed by atoms with Crippen molar-refractivity contribution in [3.8, 4) is 0 Å². The molecule has 1 aliphatic rings. The van der Waals surface area contributed by atoms with E-state index in [2.05, 4.69) is 9.98 Å². The van der Waals surface area contributed by atoms with Crippen molar-refractivity contribution in [3.63, 3.8) is 0 Å². The highest BCUT2D eigenvalue weighted by Crippen LogP contribution is 2.10. The number of fused-ring (bicyclic) bond motifs is 1. The molecule has 74 valence electrons. The van der Waals surface area contributed by atoms with Crippen molar-refractivity contribution in [2.24, 2.45) is 9.98 Å². The molecule has 4 heteroatoms. The van der Waals surface area contributed by atoms with Gasteiger partial charge in [-0.3, -0.25) is 4.99 Å². The van der Waals surface area contributed by atoms with Gasteiger partial charge in [0.25, 0.3) is 0 Å². The van der Waals surface area contributed by atoms with E-state index in [1.807, 2.05) is 6.07 Å². The highest BCUT2D eigenvalue weighted by atomic mass is 16.4. The molecule has 0 unspecified atom stereocenters. The molecule has 0 bridgehead atoms. The van der Waals surface area contributed by atoms with E-state index in [-0.39, 0.29) is 5.71 Å². The van der Waals surface area contributed by atoms with Crippen molar-refractivity contribution in [2.45, 2.75) is 0 Å². The van der Waals surface area contributed by atoms with E-state index in [0.717, 1.165) is 5.56 Å². The Morgan fingerprint density at radius 1 is 1.20 bits per heavy atom. The van der Waals surface area contributed by atoms with E-state index in [4.69, 9.17) is 5.11 Å². The van der Waals surface area contributed by atoms with Crippen LogP contribution < -0.4 is 0 Å². The smallest absolute Gasteiger partial charge is 0.355 e. The number of hydrogen-bond donors (Lipinski definition) is 1. The van der Waals surface area contributed by atoms with E-state index in [0.29, 0.717) is 5.56 Å². The number of carboxylic acid groups (broad SMARTS) is 1. The molecular weight excluding hydrogens is 192 g/mol. The van der Waals surface area contributed by atoms with Gasteiger partial charge in [-0.2, -0.15) is 0 Å². The molecule has 1 N–H and O–H groups in total. The van der Waals surface area contributed by atoms with Gasteiger partial charge in [0.05, 0.1) is 0 Å². The number of aliphatic carboxylic acids is 1. The Morgan fingerprint density at radius 2 is 2.00 bits per heavy atom. The fourth-order valence-corrected chi connectivity index (χ4v) is 1.33. The van der Waals surface area contributed by atoms with Crippen LogP contribution in [0.15, 0.2) is 46.7 Å². The summed E-state index contributed by atoms with van der Waals surface area (Å²) in [5.41, 5.74) is 1.37. The Kier molecular flexibility index (Phi) is 2.41. The first-order valence-electron chi connectivity index (χ1n) is 4.38. The van der Waals surface area contributed by atoms with Crippen LogP contribution >= 0.6 is 0 Å². The highest BCUT2D eigenvalue weighted by Gasteiger charge is 2.14. The van der Waals surface area contributed by atoms with Gasteiger partial charge in [0.1, 0.15) is 0 Å². The van der Waals surface area contributed by atoms with E-state index in [1.54, 1.807) is 24.4 Å². The van der Waals surface area contributed by atoms with Crippen molar-refractivity contribution in [3.05, 3.63) is 47.8 Å². The van der Waals surface area contributed by atoms with Crippen molar-refractivity contribution >= 4 is 17.9 Å². The normalized spacial score (nSPS) is 21.5. The minimum Gasteiger partial charge on any atom is -0.476 e. The quantitative estimate of drug-likeness (QED) is 0.746. The fourth-order valence-electron chi connectivity index (χ4n) is 1.33. The minimum atomic E-state index is -1.04. The van der Waals surface area contributed by atoms with Gasteiger partial charge in [0.15, 0.2) is 5.71 Å². The molecule has 0 aromatic heterocycles. The van der Waals surface area contributed by atoms with Gasteiger partial charge in [0.2, 0.25) is 0 Å². The zero-order valence-electron chi connectivity index (χ0n) is 7.79. The van der Waals surface area contributed by atoms with E-state index in [1.165, 1.54) is 12.4 Å². The molecule has 0 spiro atoms. The third-order valence-corrected chi connectivity index (χ3v) is 1.99. The zero-order chi connectivity index (χ0) is 10.7. The first kappa shape index (κ1) is 9.33. The number of hydrogen-bond acceptors (Lipinski definition) is 3. The summed E-state index contributed by atoms with van der Waals surface area (Å²) in [6, 6.07) is 7.12. The molecule has 0 atom stereocenters. The lowest BCUT2D eigenvalue weighted by Crippen LogP contribution is -2.16. The maximum Gasteiger partial charge on any atom is 0.355 e. The Hall–Kier alpha value is -2.23. The van der Waals surface area contributed by atoms with E-state index < -0.39 is 5.97 Å². The summed E-state index contributed by atoms with van der Waals surface area (Å²) in [6.45, 7) is 0. The summed E-state index contributed by atoms with van der Waals surface area (Å²) in [6.07, 6.45) is 4.44. The second-order valence-corrected chi connectivity index (χ2v) is 2.95. The van der Waals surface area contributed by atoms with E-state index in [9.17, 15) is 4.79 Å². The molecule has 1 heterocycles. The van der Waals surface area contributed by atoms with Crippen molar-refractivity contribution < 1.29 is 9.90 Å². The van der Waals surface area contributed by atoms with Crippen LogP contribution in [0.25, 0.3) is 0 Å². The molecule has 0 radical (unpaired) electrons. The van der Waals surface area contributed by atoms with E-state index >= 15 is 0 Å². The van der Waals surface area contributed by atoms with Crippen LogP contribution in [0.3, 0.4) is 0 Å². The molecule has 0 saturated carbocycles. The largest absolute Gasteiger partial charge is 0.476 e. The summed E-state index contributed by atoms with van der Waals surface area (Å²) in [7, 11) is 0. The molecule has 1 aromatic carbocycles. The molecule has 15 heavy (non-hydrogen) atoms. The van der Waals surface area contributed by atoms with Gasteiger partial charge in [-0.05, 0) is 0 Å². The number of nitrogens with zero attached hydrogens (tertiary/aromatic N) is 2. The standard InChI is InChI=1S/C11H8N2O2/c14-11(15)10-9-4-2-1-3-8(9)7-12-5-6-13-10/h1-7H,(H,14,15)/b6-5-,8-7?,10-9?,12-5?,12-7-,13-6?,13-10+. The fraction of sp³-hybridized carbons (Fsp3) is 0. The van der Waals surface area contributed by atoms with Gasteiger partial charge in [0, 0.05) is 29.7 Å². The number of carboxylic acids is 1. The number of aliphatic imine (C=N–C) groups is 2. The predicted molar refractivity (Wildman–Crippen MR) is 57.3 cm³/mol. The molecule has 1 aliphatic heterocycles. The third kappa shape index (κ3) is 1.83. The lowest BCUT2D eigenvalue weighted by Gasteiger charge is -2.05. The summed E-state index contributed by atoms with van der Waals surface area (Å²) in [5.74, 6) is -1.04. The second kappa shape index (κ2) is 3.88. The Balaban J connectivity index is 2.63. The van der Waals surface area contributed by atoms with Crippen LogP contribution in [-0.2, 0) is 4.79 Å². The van der Waals surface area contributed by atoms with Crippen LogP contribution in [0.2, 0.25) is 0 Å². The van der Waals surface area contributed by atoms with Crippen molar-refractivity contribution in [2.75, 3.05) is 0 Å². The lowest BCUT2D eigenvalue weighted by molar-refractivity contribution is -0.129.